The molecule has 0 spiro atoms. The van der Waals surface area contributed by atoms with Crippen molar-refractivity contribution in [3.8, 4) is 11.4 Å². The lowest BCUT2D eigenvalue weighted by Crippen LogP contribution is -2.23. The number of rotatable bonds is 7. The number of thioether (sulfide) groups is 1. The monoisotopic (exact) mass is 496 g/mol. The van der Waals surface area contributed by atoms with Crippen LogP contribution in [0.5, 0.6) is 5.75 Å². The molecule has 172 valence electrons. The summed E-state index contributed by atoms with van der Waals surface area (Å²) in [5.41, 5.74) is 0.347. The van der Waals surface area contributed by atoms with E-state index in [0.29, 0.717) is 22.3 Å². The second-order valence-electron chi connectivity index (χ2n) is 6.98. The summed E-state index contributed by atoms with van der Waals surface area (Å²) in [5, 5.41) is 14.7. The zero-order valence-corrected chi connectivity index (χ0v) is 19.3. The Morgan fingerprint density at radius 1 is 1.18 bits per heavy atom. The van der Waals surface area contributed by atoms with Crippen LogP contribution in [0.2, 0.25) is 5.02 Å². The zero-order valence-electron chi connectivity index (χ0n) is 17.7. The lowest BCUT2D eigenvalue weighted by atomic mass is 10.2. The van der Waals surface area contributed by atoms with E-state index in [2.05, 4.69) is 10.3 Å². The van der Waals surface area contributed by atoms with Gasteiger partial charge in [-0.05, 0) is 36.4 Å². The highest BCUT2D eigenvalue weighted by Gasteiger charge is 2.19. The number of nitrogens with one attached hydrogen (secondary N) is 1. The van der Waals surface area contributed by atoms with Gasteiger partial charge in [0.2, 0.25) is 5.91 Å². The first-order valence-electron chi connectivity index (χ1n) is 9.91. The van der Waals surface area contributed by atoms with Gasteiger partial charge in [0.1, 0.15) is 11.4 Å². The zero-order chi connectivity index (χ0) is 24.2. The van der Waals surface area contributed by atoms with Crippen molar-refractivity contribution in [2.45, 2.75) is 5.16 Å². The van der Waals surface area contributed by atoms with Crippen LogP contribution in [0, 0.1) is 10.1 Å². The Labute approximate surface area is 202 Å². The SMILES string of the molecule is COc1ccccc1-n1c(SCC(=O)Nc2ccc(Cl)cc2[N+](=O)[O-])nc2ccccc2c1=O. The predicted molar refractivity (Wildman–Crippen MR) is 131 cm³/mol. The van der Waals surface area contributed by atoms with E-state index >= 15 is 0 Å². The van der Waals surface area contributed by atoms with Crippen molar-refractivity contribution in [2.75, 3.05) is 18.2 Å². The van der Waals surface area contributed by atoms with Crippen molar-refractivity contribution in [3.05, 3.63) is 92.2 Å². The molecule has 0 saturated heterocycles. The molecular weight excluding hydrogens is 480 g/mol. The summed E-state index contributed by atoms with van der Waals surface area (Å²) in [6.07, 6.45) is 0. The third-order valence-electron chi connectivity index (χ3n) is 4.83. The minimum absolute atomic E-state index is 0.0218. The second kappa shape index (κ2) is 9.94. The number of aromatic nitrogens is 2. The molecule has 34 heavy (non-hydrogen) atoms. The van der Waals surface area contributed by atoms with Crippen molar-refractivity contribution in [2.24, 2.45) is 0 Å². The van der Waals surface area contributed by atoms with Gasteiger partial charge in [-0.15, -0.1) is 0 Å². The van der Waals surface area contributed by atoms with Crippen LogP contribution in [0.15, 0.2) is 76.7 Å². The number of para-hydroxylation sites is 3. The summed E-state index contributed by atoms with van der Waals surface area (Å²) < 4.78 is 6.81. The lowest BCUT2D eigenvalue weighted by molar-refractivity contribution is -0.383. The molecule has 0 aliphatic heterocycles. The van der Waals surface area contributed by atoms with Crippen LogP contribution in [-0.2, 0) is 4.79 Å². The summed E-state index contributed by atoms with van der Waals surface area (Å²) in [6.45, 7) is 0. The molecule has 0 radical (unpaired) electrons. The van der Waals surface area contributed by atoms with Crippen molar-refractivity contribution in [3.63, 3.8) is 0 Å². The Hall–Kier alpha value is -3.89. The highest BCUT2D eigenvalue weighted by atomic mass is 35.5. The minimum Gasteiger partial charge on any atom is -0.495 e. The summed E-state index contributed by atoms with van der Waals surface area (Å²) in [4.78, 5) is 41.3. The molecule has 0 unspecified atom stereocenters. The molecule has 9 nitrogen and oxygen atoms in total. The number of methoxy groups -OCH3 is 1. The van der Waals surface area contributed by atoms with Crippen molar-refractivity contribution in [1.82, 2.24) is 9.55 Å². The van der Waals surface area contributed by atoms with Gasteiger partial charge < -0.3 is 10.1 Å². The third kappa shape index (κ3) is 4.73. The molecule has 0 aliphatic rings. The first-order valence-corrected chi connectivity index (χ1v) is 11.3. The lowest BCUT2D eigenvalue weighted by Gasteiger charge is -2.15. The van der Waals surface area contributed by atoms with Crippen molar-refractivity contribution < 1.29 is 14.5 Å². The number of fused-ring (bicyclic) bond motifs is 1. The van der Waals surface area contributed by atoms with Gasteiger partial charge in [0.15, 0.2) is 5.16 Å². The Morgan fingerprint density at radius 3 is 2.68 bits per heavy atom. The molecule has 11 heteroatoms. The summed E-state index contributed by atoms with van der Waals surface area (Å²) in [6, 6.07) is 17.9. The predicted octanol–water partition coefficient (Wildman–Crippen LogP) is 4.69. The summed E-state index contributed by atoms with van der Waals surface area (Å²) in [5.74, 6) is -0.200. The smallest absolute Gasteiger partial charge is 0.294 e. The highest BCUT2D eigenvalue weighted by molar-refractivity contribution is 7.99. The second-order valence-corrected chi connectivity index (χ2v) is 8.36. The average Bonchev–Trinajstić information content (AvgIpc) is 2.84. The molecule has 4 aromatic rings. The fourth-order valence-electron chi connectivity index (χ4n) is 3.31. The van der Waals surface area contributed by atoms with E-state index in [1.54, 1.807) is 48.5 Å². The fourth-order valence-corrected chi connectivity index (χ4v) is 4.29. The van der Waals surface area contributed by atoms with E-state index in [4.69, 9.17) is 16.3 Å². The number of hydrogen-bond acceptors (Lipinski definition) is 7. The molecule has 0 saturated carbocycles. The summed E-state index contributed by atoms with van der Waals surface area (Å²) in [7, 11) is 1.50. The first-order chi connectivity index (χ1) is 16.4. The number of nitro benzene ring substituents is 1. The highest BCUT2D eigenvalue weighted by Crippen LogP contribution is 2.29. The van der Waals surface area contributed by atoms with E-state index in [1.165, 1.54) is 23.8 Å². The van der Waals surface area contributed by atoms with Crippen LogP contribution < -0.4 is 15.6 Å². The van der Waals surface area contributed by atoms with Crippen LogP contribution >= 0.6 is 23.4 Å². The van der Waals surface area contributed by atoms with Crippen LogP contribution in [0.3, 0.4) is 0 Å². The van der Waals surface area contributed by atoms with Gasteiger partial charge in [-0.3, -0.25) is 24.3 Å². The molecule has 0 atom stereocenters. The van der Waals surface area contributed by atoms with E-state index in [-0.39, 0.29) is 32.9 Å². The van der Waals surface area contributed by atoms with Gasteiger partial charge in [-0.25, -0.2) is 4.98 Å². The van der Waals surface area contributed by atoms with Gasteiger partial charge in [0.05, 0.1) is 34.4 Å². The Balaban J connectivity index is 1.69. The molecular formula is C23H17ClN4O5S. The Morgan fingerprint density at radius 2 is 1.91 bits per heavy atom. The van der Waals surface area contributed by atoms with Gasteiger partial charge in [-0.2, -0.15) is 0 Å². The quantitative estimate of drug-likeness (QED) is 0.171. The topological polar surface area (TPSA) is 116 Å². The van der Waals surface area contributed by atoms with Crippen molar-refractivity contribution >= 4 is 51.5 Å². The first kappa shape index (κ1) is 23.3. The van der Waals surface area contributed by atoms with Crippen LogP contribution in [0.25, 0.3) is 16.6 Å². The molecule has 1 heterocycles. The largest absolute Gasteiger partial charge is 0.495 e. The van der Waals surface area contributed by atoms with Gasteiger partial charge in [0.25, 0.3) is 11.2 Å². The van der Waals surface area contributed by atoms with E-state index in [1.807, 2.05) is 0 Å². The molecule has 3 aromatic carbocycles. The van der Waals surface area contributed by atoms with Gasteiger partial charge >= 0.3 is 0 Å². The maximum atomic E-state index is 13.4. The normalized spacial score (nSPS) is 10.8. The molecule has 1 aromatic heterocycles. The summed E-state index contributed by atoms with van der Waals surface area (Å²) >= 11 is 6.85. The Kier molecular flexibility index (Phi) is 6.80. The molecule has 1 N–H and O–H groups in total. The maximum absolute atomic E-state index is 13.4. The minimum atomic E-state index is -0.626. The van der Waals surface area contributed by atoms with E-state index in [0.717, 1.165) is 17.8 Å². The van der Waals surface area contributed by atoms with Crippen LogP contribution in [0.1, 0.15) is 0 Å². The number of amides is 1. The third-order valence-corrected chi connectivity index (χ3v) is 6.01. The number of ether oxygens (including phenoxy) is 1. The Bertz CT molecular complexity index is 1470. The number of halogens is 1. The number of nitro groups is 1. The number of nitrogens with zero attached hydrogens (tertiary/aromatic N) is 3. The number of carbonyl (C=O) groups is 1. The molecule has 0 aliphatic carbocycles. The van der Waals surface area contributed by atoms with E-state index < -0.39 is 10.8 Å². The average molecular weight is 497 g/mol. The maximum Gasteiger partial charge on any atom is 0.294 e. The van der Waals surface area contributed by atoms with Gasteiger partial charge in [-0.1, -0.05) is 47.6 Å². The molecule has 0 fully saturated rings. The molecule has 4 rings (SSSR count). The number of carbonyl (C=O) groups excluding carboxylic acids is 1. The van der Waals surface area contributed by atoms with Crippen LogP contribution in [-0.4, -0.2) is 33.2 Å². The molecule has 1 amide bonds. The van der Waals surface area contributed by atoms with Crippen molar-refractivity contribution in [1.29, 1.82) is 0 Å². The van der Waals surface area contributed by atoms with Gasteiger partial charge in [0, 0.05) is 11.1 Å². The molecule has 0 bridgehead atoms. The number of benzene rings is 3. The standard InChI is InChI=1S/C23H17ClN4O5S/c1-33-20-9-5-4-8-18(20)27-22(30)15-6-2-3-7-16(15)26-23(27)34-13-21(29)25-17-11-10-14(24)12-19(17)28(31)32/h2-12H,13H2,1H3,(H,25,29). The number of anilines is 1. The number of hydrogen-bond donors (Lipinski definition) is 1. The fraction of sp³-hybridized carbons (Fsp3) is 0.0870. The van der Waals surface area contributed by atoms with E-state index in [9.17, 15) is 19.7 Å². The van der Waals surface area contributed by atoms with Crippen LogP contribution in [0.4, 0.5) is 11.4 Å².